The van der Waals surface area contributed by atoms with Crippen LogP contribution in [-0.2, 0) is 11.3 Å². The molecule has 2 N–H and O–H groups in total. The van der Waals surface area contributed by atoms with Gasteiger partial charge in [0.15, 0.2) is 11.6 Å². The van der Waals surface area contributed by atoms with Gasteiger partial charge in [0.05, 0.1) is 0 Å². The summed E-state index contributed by atoms with van der Waals surface area (Å²) in [5.74, 6) is -1.32. The summed E-state index contributed by atoms with van der Waals surface area (Å²) in [7, 11) is 0. The Morgan fingerprint density at radius 1 is 1.40 bits per heavy atom. The maximum Gasteiger partial charge on any atom is 0.224 e. The molecule has 5 heteroatoms. The minimum absolute atomic E-state index is 0.0309. The lowest BCUT2D eigenvalue weighted by Crippen LogP contribution is -2.36. The predicted molar refractivity (Wildman–Crippen MR) is 72.8 cm³/mol. The van der Waals surface area contributed by atoms with Gasteiger partial charge in [-0.2, -0.15) is 0 Å². The van der Waals surface area contributed by atoms with Gasteiger partial charge in [-0.15, -0.1) is 0 Å². The second-order valence-electron chi connectivity index (χ2n) is 5.36. The third kappa shape index (κ3) is 3.76. The molecule has 20 heavy (non-hydrogen) atoms. The van der Waals surface area contributed by atoms with Crippen molar-refractivity contribution in [1.29, 1.82) is 0 Å². The van der Waals surface area contributed by atoms with Crippen molar-refractivity contribution in [3.8, 4) is 0 Å². The van der Waals surface area contributed by atoms with Gasteiger partial charge in [-0.1, -0.05) is 6.07 Å². The van der Waals surface area contributed by atoms with Gasteiger partial charge < -0.3 is 10.6 Å². The molecule has 3 nitrogen and oxygen atoms in total. The van der Waals surface area contributed by atoms with E-state index in [2.05, 4.69) is 0 Å². The van der Waals surface area contributed by atoms with E-state index in [0.717, 1.165) is 25.0 Å². The van der Waals surface area contributed by atoms with Crippen LogP contribution in [0.2, 0.25) is 0 Å². The fourth-order valence-electron chi connectivity index (χ4n) is 2.26. The van der Waals surface area contributed by atoms with Crippen LogP contribution in [0.1, 0.15) is 31.7 Å². The Hall–Kier alpha value is -1.49. The van der Waals surface area contributed by atoms with Crippen LogP contribution in [0.15, 0.2) is 18.2 Å². The van der Waals surface area contributed by atoms with Gasteiger partial charge in [0.1, 0.15) is 0 Å². The number of hydrogen-bond donors (Lipinski definition) is 1. The van der Waals surface area contributed by atoms with Crippen molar-refractivity contribution < 1.29 is 13.6 Å². The van der Waals surface area contributed by atoms with E-state index in [4.69, 9.17) is 5.73 Å². The molecule has 0 aromatic heterocycles. The van der Waals surface area contributed by atoms with Crippen molar-refractivity contribution >= 4 is 5.91 Å². The first-order valence-electron chi connectivity index (χ1n) is 6.98. The third-order valence-corrected chi connectivity index (χ3v) is 3.73. The summed E-state index contributed by atoms with van der Waals surface area (Å²) < 4.78 is 26.0. The lowest BCUT2D eigenvalue weighted by atomic mass is 10.1. The molecule has 0 aliphatic heterocycles. The number of halogens is 2. The third-order valence-electron chi connectivity index (χ3n) is 3.73. The zero-order chi connectivity index (χ0) is 14.7. The molecule has 1 aliphatic carbocycles. The Labute approximate surface area is 117 Å². The van der Waals surface area contributed by atoms with Crippen LogP contribution in [0.5, 0.6) is 0 Å². The van der Waals surface area contributed by atoms with Crippen LogP contribution >= 0.6 is 0 Å². The number of benzene rings is 1. The van der Waals surface area contributed by atoms with Crippen LogP contribution in [0.25, 0.3) is 0 Å². The summed E-state index contributed by atoms with van der Waals surface area (Å²) in [5, 5.41) is 0. The molecule has 0 heterocycles. The number of rotatable bonds is 6. The summed E-state index contributed by atoms with van der Waals surface area (Å²) in [6.07, 6.45) is 2.52. The van der Waals surface area contributed by atoms with E-state index in [9.17, 15) is 13.6 Å². The second-order valence-corrected chi connectivity index (χ2v) is 5.36. The zero-order valence-electron chi connectivity index (χ0n) is 11.6. The monoisotopic (exact) mass is 282 g/mol. The van der Waals surface area contributed by atoms with Gasteiger partial charge in [-0.05, 0) is 43.4 Å². The molecule has 2 rings (SSSR count). The normalized spacial score (nSPS) is 16.0. The topological polar surface area (TPSA) is 46.3 Å². The van der Waals surface area contributed by atoms with Crippen molar-refractivity contribution in [2.75, 3.05) is 6.54 Å². The van der Waals surface area contributed by atoms with E-state index in [1.807, 2.05) is 6.92 Å². The van der Waals surface area contributed by atoms with Crippen molar-refractivity contribution in [2.24, 2.45) is 11.7 Å². The van der Waals surface area contributed by atoms with Gasteiger partial charge in [0.2, 0.25) is 5.91 Å². The quantitative estimate of drug-likeness (QED) is 0.871. The van der Waals surface area contributed by atoms with Crippen LogP contribution in [0.3, 0.4) is 0 Å². The maximum atomic E-state index is 13.2. The zero-order valence-corrected chi connectivity index (χ0v) is 11.6. The van der Waals surface area contributed by atoms with E-state index in [1.165, 1.54) is 6.07 Å². The molecule has 1 aliphatic rings. The molecule has 1 saturated carbocycles. The predicted octanol–water partition coefficient (Wildman–Crippen LogP) is 2.44. The molecule has 0 spiro atoms. The largest absolute Gasteiger partial charge is 0.339 e. The summed E-state index contributed by atoms with van der Waals surface area (Å²) in [6.45, 7) is 2.67. The highest BCUT2D eigenvalue weighted by Crippen LogP contribution is 2.33. The Balaban J connectivity index is 1.96. The minimum atomic E-state index is -0.888. The van der Waals surface area contributed by atoms with Gasteiger partial charge >= 0.3 is 0 Å². The number of nitrogens with two attached hydrogens (primary N) is 1. The van der Waals surface area contributed by atoms with Crippen LogP contribution in [0, 0.1) is 17.6 Å². The molecule has 110 valence electrons. The number of amides is 1. The lowest BCUT2D eigenvalue weighted by molar-refractivity contribution is -0.132. The van der Waals surface area contributed by atoms with E-state index in [1.54, 1.807) is 4.90 Å². The molecule has 1 unspecified atom stereocenters. The molecule has 0 radical (unpaired) electrons. The van der Waals surface area contributed by atoms with Crippen molar-refractivity contribution in [2.45, 2.75) is 38.8 Å². The van der Waals surface area contributed by atoms with Crippen molar-refractivity contribution in [3.05, 3.63) is 35.4 Å². The summed E-state index contributed by atoms with van der Waals surface area (Å²) in [6, 6.07) is 3.63. The van der Waals surface area contributed by atoms with E-state index < -0.39 is 11.6 Å². The highest BCUT2D eigenvalue weighted by molar-refractivity contribution is 5.76. The average Bonchev–Trinajstić information content (AvgIpc) is 3.24. The SMILES string of the molecule is CCN(Cc1ccc(F)c(F)c1)C(=O)CC(N)C1CC1. The van der Waals surface area contributed by atoms with E-state index >= 15 is 0 Å². The Kier molecular flexibility index (Phi) is 4.70. The minimum Gasteiger partial charge on any atom is -0.339 e. The highest BCUT2D eigenvalue weighted by atomic mass is 19.2. The Morgan fingerprint density at radius 2 is 2.10 bits per heavy atom. The molecule has 0 saturated heterocycles. The lowest BCUT2D eigenvalue weighted by Gasteiger charge is -2.23. The first kappa shape index (κ1) is 14.9. The molecule has 1 atom stereocenters. The summed E-state index contributed by atoms with van der Waals surface area (Å²) in [4.78, 5) is 13.8. The summed E-state index contributed by atoms with van der Waals surface area (Å²) in [5.41, 5.74) is 6.54. The number of carbonyl (C=O) groups excluding carboxylic acids is 1. The number of hydrogen-bond acceptors (Lipinski definition) is 2. The van der Waals surface area contributed by atoms with Gasteiger partial charge in [0, 0.05) is 25.6 Å². The summed E-state index contributed by atoms with van der Waals surface area (Å²) >= 11 is 0. The maximum absolute atomic E-state index is 13.2. The highest BCUT2D eigenvalue weighted by Gasteiger charge is 2.30. The van der Waals surface area contributed by atoms with Gasteiger partial charge in [-0.3, -0.25) is 4.79 Å². The van der Waals surface area contributed by atoms with Gasteiger partial charge in [-0.25, -0.2) is 8.78 Å². The first-order valence-corrected chi connectivity index (χ1v) is 6.98. The standard InChI is InChI=1S/C15H20F2N2O/c1-2-19(15(20)8-14(18)11-4-5-11)9-10-3-6-12(16)13(17)7-10/h3,6-7,11,14H,2,4-5,8-9,18H2,1H3. The van der Waals surface area contributed by atoms with Crippen molar-refractivity contribution in [3.63, 3.8) is 0 Å². The van der Waals surface area contributed by atoms with E-state index in [-0.39, 0.29) is 18.5 Å². The van der Waals surface area contributed by atoms with Gasteiger partial charge in [0.25, 0.3) is 0 Å². The van der Waals surface area contributed by atoms with Crippen molar-refractivity contribution in [1.82, 2.24) is 4.90 Å². The molecule has 1 fully saturated rings. The fourth-order valence-corrected chi connectivity index (χ4v) is 2.26. The van der Waals surface area contributed by atoms with Crippen LogP contribution < -0.4 is 5.73 Å². The second kappa shape index (κ2) is 6.31. The average molecular weight is 282 g/mol. The Morgan fingerprint density at radius 3 is 2.65 bits per heavy atom. The molecular formula is C15H20F2N2O. The molecule has 1 aromatic carbocycles. The van der Waals surface area contributed by atoms with E-state index in [0.29, 0.717) is 24.4 Å². The van der Waals surface area contributed by atoms with Crippen LogP contribution in [0.4, 0.5) is 8.78 Å². The molecule has 1 aromatic rings. The molecule has 1 amide bonds. The Bertz CT molecular complexity index is 489. The molecule has 0 bridgehead atoms. The molecular weight excluding hydrogens is 262 g/mol. The smallest absolute Gasteiger partial charge is 0.224 e. The number of nitrogens with zero attached hydrogens (tertiary/aromatic N) is 1. The fraction of sp³-hybridized carbons (Fsp3) is 0.533. The van der Waals surface area contributed by atoms with Crippen LogP contribution in [-0.4, -0.2) is 23.4 Å². The number of carbonyl (C=O) groups is 1. The first-order chi connectivity index (χ1) is 9.51.